The Labute approximate surface area is 100 Å². The quantitative estimate of drug-likeness (QED) is 0.794. The maximum absolute atomic E-state index is 9.57. The van der Waals surface area contributed by atoms with Crippen LogP contribution < -0.4 is 0 Å². The average Bonchev–Trinajstić information content (AvgIpc) is 2.96. The summed E-state index contributed by atoms with van der Waals surface area (Å²) in [7, 11) is 0. The number of hydrogen-bond acceptors (Lipinski definition) is 2. The second-order valence-electron chi connectivity index (χ2n) is 6.29. The van der Waals surface area contributed by atoms with Crippen LogP contribution >= 0.6 is 0 Å². The van der Waals surface area contributed by atoms with Crippen LogP contribution in [-0.2, 0) is 0 Å². The molecule has 2 heteroatoms. The van der Waals surface area contributed by atoms with Crippen LogP contribution in [-0.4, -0.2) is 35.7 Å². The lowest BCUT2D eigenvalue weighted by atomic mass is 9.90. The van der Waals surface area contributed by atoms with E-state index in [0.29, 0.717) is 12.5 Å². The molecular formula is C14H27NO. The molecule has 1 N–H and O–H groups in total. The molecule has 0 bridgehead atoms. The van der Waals surface area contributed by atoms with Crippen molar-refractivity contribution in [3.8, 4) is 0 Å². The van der Waals surface area contributed by atoms with E-state index in [9.17, 15) is 5.11 Å². The van der Waals surface area contributed by atoms with Crippen molar-refractivity contribution in [1.82, 2.24) is 4.90 Å². The van der Waals surface area contributed by atoms with E-state index >= 15 is 0 Å². The molecule has 3 atom stereocenters. The van der Waals surface area contributed by atoms with Crippen molar-refractivity contribution in [2.24, 2.45) is 17.3 Å². The molecule has 1 saturated carbocycles. The minimum atomic E-state index is 0.261. The highest BCUT2D eigenvalue weighted by Gasteiger charge is 2.55. The van der Waals surface area contributed by atoms with Gasteiger partial charge in [-0.2, -0.15) is 0 Å². The summed E-state index contributed by atoms with van der Waals surface area (Å²) in [5.74, 6) is 1.38. The molecule has 16 heavy (non-hydrogen) atoms. The number of aliphatic hydroxyl groups excluding tert-OH is 1. The van der Waals surface area contributed by atoms with Crippen LogP contribution in [0.25, 0.3) is 0 Å². The Morgan fingerprint density at radius 2 is 2.12 bits per heavy atom. The van der Waals surface area contributed by atoms with Crippen molar-refractivity contribution in [3.05, 3.63) is 0 Å². The second kappa shape index (κ2) is 4.66. The number of piperidine rings is 1. The number of hydrogen-bond donors (Lipinski definition) is 1. The lowest BCUT2D eigenvalue weighted by Crippen LogP contribution is -2.39. The zero-order valence-corrected chi connectivity index (χ0v) is 11.1. The Morgan fingerprint density at radius 1 is 1.38 bits per heavy atom. The van der Waals surface area contributed by atoms with E-state index < -0.39 is 0 Å². The molecule has 0 radical (unpaired) electrons. The molecule has 1 saturated heterocycles. The van der Waals surface area contributed by atoms with Gasteiger partial charge >= 0.3 is 0 Å². The topological polar surface area (TPSA) is 23.5 Å². The van der Waals surface area contributed by atoms with Crippen molar-refractivity contribution >= 4 is 0 Å². The number of rotatable bonds is 4. The maximum Gasteiger partial charge on any atom is 0.0493 e. The largest absolute Gasteiger partial charge is 0.396 e. The Morgan fingerprint density at radius 3 is 2.62 bits per heavy atom. The molecule has 94 valence electrons. The third kappa shape index (κ3) is 2.14. The first kappa shape index (κ1) is 12.4. The van der Waals surface area contributed by atoms with Gasteiger partial charge in [-0.15, -0.1) is 0 Å². The molecule has 0 aromatic heterocycles. The first-order valence-electron chi connectivity index (χ1n) is 6.95. The van der Waals surface area contributed by atoms with Crippen LogP contribution in [0.5, 0.6) is 0 Å². The Hall–Kier alpha value is -0.0800. The van der Waals surface area contributed by atoms with Gasteiger partial charge in [0, 0.05) is 24.6 Å². The van der Waals surface area contributed by atoms with Gasteiger partial charge in [0.15, 0.2) is 0 Å². The molecule has 2 aliphatic rings. The molecule has 0 amide bonds. The maximum atomic E-state index is 9.57. The van der Waals surface area contributed by atoms with Gasteiger partial charge < -0.3 is 10.0 Å². The van der Waals surface area contributed by atoms with Crippen molar-refractivity contribution in [1.29, 1.82) is 0 Å². The molecule has 0 spiro atoms. The molecule has 0 aromatic carbocycles. The fourth-order valence-electron chi connectivity index (χ4n) is 3.44. The van der Waals surface area contributed by atoms with Gasteiger partial charge in [0.05, 0.1) is 0 Å². The minimum absolute atomic E-state index is 0.261. The standard InChI is InChI=1S/C14H27NO/c1-11(2)14(10-16)8-13(14)9-15-7-5-4-6-12(15)3/h11-13,16H,4-10H2,1-3H3. The van der Waals surface area contributed by atoms with Crippen LogP contribution in [0.4, 0.5) is 0 Å². The predicted octanol–water partition coefficient (Wildman–Crippen LogP) is 2.52. The van der Waals surface area contributed by atoms with Crippen molar-refractivity contribution < 1.29 is 5.11 Å². The number of aliphatic hydroxyl groups is 1. The van der Waals surface area contributed by atoms with Crippen LogP contribution in [0.3, 0.4) is 0 Å². The Kier molecular flexibility index (Phi) is 3.60. The highest BCUT2D eigenvalue weighted by molar-refractivity contribution is 5.05. The van der Waals surface area contributed by atoms with Gasteiger partial charge in [-0.25, -0.2) is 0 Å². The second-order valence-corrected chi connectivity index (χ2v) is 6.29. The van der Waals surface area contributed by atoms with Gasteiger partial charge in [0.2, 0.25) is 0 Å². The van der Waals surface area contributed by atoms with Gasteiger partial charge in [-0.05, 0) is 44.6 Å². The van der Waals surface area contributed by atoms with Crippen molar-refractivity contribution in [3.63, 3.8) is 0 Å². The van der Waals surface area contributed by atoms with Crippen molar-refractivity contribution in [2.75, 3.05) is 19.7 Å². The minimum Gasteiger partial charge on any atom is -0.396 e. The number of nitrogens with zero attached hydrogens (tertiary/aromatic N) is 1. The zero-order valence-electron chi connectivity index (χ0n) is 11.1. The van der Waals surface area contributed by atoms with Gasteiger partial charge in [-0.3, -0.25) is 0 Å². The lowest BCUT2D eigenvalue weighted by molar-refractivity contribution is 0.115. The summed E-state index contributed by atoms with van der Waals surface area (Å²) >= 11 is 0. The van der Waals surface area contributed by atoms with E-state index in [2.05, 4.69) is 25.7 Å². The first-order chi connectivity index (χ1) is 7.60. The predicted molar refractivity (Wildman–Crippen MR) is 67.3 cm³/mol. The van der Waals surface area contributed by atoms with E-state index in [1.807, 2.05) is 0 Å². The first-order valence-corrected chi connectivity index (χ1v) is 6.95. The molecule has 2 nitrogen and oxygen atoms in total. The molecule has 0 aromatic rings. The molecule has 1 aliphatic heterocycles. The van der Waals surface area contributed by atoms with Gasteiger partial charge in [0.25, 0.3) is 0 Å². The average molecular weight is 225 g/mol. The lowest BCUT2D eigenvalue weighted by Gasteiger charge is -2.34. The molecule has 1 aliphatic carbocycles. The summed E-state index contributed by atoms with van der Waals surface area (Å²) in [4.78, 5) is 2.65. The third-order valence-corrected chi connectivity index (χ3v) is 5.12. The zero-order chi connectivity index (χ0) is 11.8. The summed E-state index contributed by atoms with van der Waals surface area (Å²) < 4.78 is 0. The van der Waals surface area contributed by atoms with E-state index in [4.69, 9.17) is 0 Å². The van der Waals surface area contributed by atoms with Crippen molar-refractivity contribution in [2.45, 2.75) is 52.5 Å². The Bertz CT molecular complexity index is 241. The van der Waals surface area contributed by atoms with Crippen LogP contribution in [0.15, 0.2) is 0 Å². The fourth-order valence-corrected chi connectivity index (χ4v) is 3.44. The highest BCUT2D eigenvalue weighted by Crippen LogP contribution is 2.57. The summed E-state index contributed by atoms with van der Waals surface area (Å²) in [6.07, 6.45) is 5.37. The van der Waals surface area contributed by atoms with Crippen LogP contribution in [0.1, 0.15) is 46.5 Å². The summed E-state index contributed by atoms with van der Waals surface area (Å²) in [5.41, 5.74) is 0.261. The third-order valence-electron chi connectivity index (χ3n) is 5.12. The fraction of sp³-hybridized carbons (Fsp3) is 1.00. The van der Waals surface area contributed by atoms with Gasteiger partial charge in [0.1, 0.15) is 0 Å². The van der Waals surface area contributed by atoms with E-state index in [0.717, 1.165) is 12.0 Å². The van der Waals surface area contributed by atoms with Crippen LogP contribution in [0.2, 0.25) is 0 Å². The van der Waals surface area contributed by atoms with E-state index in [1.54, 1.807) is 0 Å². The SMILES string of the molecule is CC1CCCCN1CC1CC1(CO)C(C)C. The molecule has 2 rings (SSSR count). The van der Waals surface area contributed by atoms with E-state index in [-0.39, 0.29) is 5.41 Å². The Balaban J connectivity index is 1.87. The normalized spacial score (nSPS) is 40.3. The van der Waals surface area contributed by atoms with Crippen LogP contribution in [0, 0.1) is 17.3 Å². The summed E-state index contributed by atoms with van der Waals surface area (Å²) in [6, 6.07) is 0.762. The molecular weight excluding hydrogens is 198 g/mol. The summed E-state index contributed by atoms with van der Waals surface area (Å²) in [5, 5.41) is 9.57. The summed E-state index contributed by atoms with van der Waals surface area (Å²) in [6.45, 7) is 9.76. The number of likely N-dealkylation sites (tertiary alicyclic amines) is 1. The highest BCUT2D eigenvalue weighted by atomic mass is 16.3. The molecule has 2 fully saturated rings. The van der Waals surface area contributed by atoms with Gasteiger partial charge in [-0.1, -0.05) is 20.3 Å². The smallest absolute Gasteiger partial charge is 0.0493 e. The molecule has 3 unspecified atom stereocenters. The van der Waals surface area contributed by atoms with E-state index in [1.165, 1.54) is 38.8 Å². The molecule has 1 heterocycles. The monoisotopic (exact) mass is 225 g/mol.